The van der Waals surface area contributed by atoms with Gasteiger partial charge >= 0.3 is 0 Å². The summed E-state index contributed by atoms with van der Waals surface area (Å²) < 4.78 is 0. The van der Waals surface area contributed by atoms with Crippen LogP contribution in [0.15, 0.2) is 24.3 Å². The van der Waals surface area contributed by atoms with Crippen molar-refractivity contribution in [1.82, 2.24) is 5.32 Å². The van der Waals surface area contributed by atoms with Crippen LogP contribution >= 0.6 is 12.4 Å². The summed E-state index contributed by atoms with van der Waals surface area (Å²) in [4.78, 5) is 14.8. The van der Waals surface area contributed by atoms with Gasteiger partial charge in [-0.1, -0.05) is 12.1 Å². The lowest BCUT2D eigenvalue weighted by molar-refractivity contribution is -0.120. The van der Waals surface area contributed by atoms with E-state index in [9.17, 15) is 4.79 Å². The summed E-state index contributed by atoms with van der Waals surface area (Å²) in [6, 6.07) is 8.18. The zero-order valence-electron chi connectivity index (χ0n) is 12.3. The van der Waals surface area contributed by atoms with Crippen molar-refractivity contribution in [1.29, 1.82) is 0 Å². The Hall–Kier alpha value is -1.26. The first-order valence-corrected chi connectivity index (χ1v) is 7.70. The number of para-hydroxylation sites is 2. The van der Waals surface area contributed by atoms with Crippen molar-refractivity contribution in [3.8, 4) is 0 Å². The van der Waals surface area contributed by atoms with Gasteiger partial charge < -0.3 is 15.5 Å². The molecule has 0 aliphatic carbocycles. The minimum absolute atomic E-state index is 0. The Balaban J connectivity index is 0.00000161. The van der Waals surface area contributed by atoms with Gasteiger partial charge in [-0.15, -0.1) is 12.4 Å². The van der Waals surface area contributed by atoms with Crippen LogP contribution in [0.2, 0.25) is 0 Å². The van der Waals surface area contributed by atoms with Crippen LogP contribution in [0, 0.1) is 5.92 Å². The molecule has 1 amide bonds. The van der Waals surface area contributed by atoms with E-state index in [0.29, 0.717) is 0 Å². The van der Waals surface area contributed by atoms with Crippen LogP contribution in [0.5, 0.6) is 0 Å². The van der Waals surface area contributed by atoms with E-state index in [4.69, 9.17) is 0 Å². The third kappa shape index (κ3) is 3.89. The first-order valence-electron chi connectivity index (χ1n) is 7.70. The van der Waals surface area contributed by atoms with Gasteiger partial charge in [-0.3, -0.25) is 4.79 Å². The molecule has 3 rings (SSSR count). The molecule has 21 heavy (non-hydrogen) atoms. The summed E-state index contributed by atoms with van der Waals surface area (Å²) in [5.41, 5.74) is 2.14. The summed E-state index contributed by atoms with van der Waals surface area (Å²) in [5, 5.41) is 6.45. The third-order valence-electron chi connectivity index (χ3n) is 4.32. The van der Waals surface area contributed by atoms with Crippen molar-refractivity contribution >= 4 is 29.7 Å². The number of carbonyl (C=O) groups excluding carboxylic acids is 1. The van der Waals surface area contributed by atoms with Crippen molar-refractivity contribution in [2.24, 2.45) is 5.92 Å². The van der Waals surface area contributed by atoms with Crippen LogP contribution in [0.25, 0.3) is 0 Å². The van der Waals surface area contributed by atoms with Gasteiger partial charge in [0.25, 0.3) is 0 Å². The summed E-state index contributed by atoms with van der Waals surface area (Å²) in [5.74, 6) is 0.334. The van der Waals surface area contributed by atoms with Gasteiger partial charge in [-0.05, 0) is 50.9 Å². The predicted molar refractivity (Wildman–Crippen MR) is 89.4 cm³/mol. The molecule has 0 bridgehead atoms. The van der Waals surface area contributed by atoms with E-state index in [2.05, 4.69) is 21.6 Å². The van der Waals surface area contributed by atoms with E-state index in [0.717, 1.165) is 44.7 Å². The molecular weight excluding hydrogens is 286 g/mol. The van der Waals surface area contributed by atoms with E-state index in [1.54, 1.807) is 0 Å². The Morgan fingerprint density at radius 3 is 2.52 bits per heavy atom. The van der Waals surface area contributed by atoms with E-state index in [-0.39, 0.29) is 24.2 Å². The number of amides is 1. The largest absolute Gasteiger partial charge is 0.370 e. The SMILES string of the molecule is Cl.O=C(Nc1ccccc1N1CCCC1)C1CCNCC1. The van der Waals surface area contributed by atoms with Crippen molar-refractivity contribution in [2.45, 2.75) is 25.7 Å². The average Bonchev–Trinajstić information content (AvgIpc) is 3.03. The molecule has 5 heteroatoms. The van der Waals surface area contributed by atoms with Crippen molar-refractivity contribution in [2.75, 3.05) is 36.4 Å². The Labute approximate surface area is 132 Å². The minimum atomic E-state index is 0. The smallest absolute Gasteiger partial charge is 0.227 e. The summed E-state index contributed by atoms with van der Waals surface area (Å²) in [6.45, 7) is 4.10. The molecule has 0 spiro atoms. The fourth-order valence-electron chi connectivity index (χ4n) is 3.13. The lowest BCUT2D eigenvalue weighted by Gasteiger charge is -2.25. The quantitative estimate of drug-likeness (QED) is 0.902. The lowest BCUT2D eigenvalue weighted by Crippen LogP contribution is -2.35. The number of hydrogen-bond donors (Lipinski definition) is 2. The third-order valence-corrected chi connectivity index (χ3v) is 4.32. The molecule has 2 heterocycles. The fourth-order valence-corrected chi connectivity index (χ4v) is 3.13. The van der Waals surface area contributed by atoms with Gasteiger partial charge in [-0.2, -0.15) is 0 Å². The topological polar surface area (TPSA) is 44.4 Å². The standard InChI is InChI=1S/C16H23N3O.ClH/c20-16(13-7-9-17-10-8-13)18-14-5-1-2-6-15(14)19-11-3-4-12-19;/h1-2,5-6,13,17H,3-4,7-12H2,(H,18,20);1H. The number of anilines is 2. The molecular formula is C16H24ClN3O. The van der Waals surface area contributed by atoms with E-state index >= 15 is 0 Å². The summed E-state index contributed by atoms with van der Waals surface area (Å²) in [7, 11) is 0. The lowest BCUT2D eigenvalue weighted by atomic mass is 9.97. The summed E-state index contributed by atoms with van der Waals surface area (Å²) in [6.07, 6.45) is 4.38. The molecule has 0 aromatic heterocycles. The number of nitrogens with zero attached hydrogens (tertiary/aromatic N) is 1. The molecule has 0 atom stereocenters. The first kappa shape index (κ1) is 16.1. The van der Waals surface area contributed by atoms with Crippen LogP contribution in [0.4, 0.5) is 11.4 Å². The maximum atomic E-state index is 12.4. The zero-order valence-corrected chi connectivity index (χ0v) is 13.1. The van der Waals surface area contributed by atoms with Gasteiger partial charge in [-0.25, -0.2) is 0 Å². The molecule has 2 N–H and O–H groups in total. The van der Waals surface area contributed by atoms with Gasteiger partial charge in [0.1, 0.15) is 0 Å². The molecule has 2 fully saturated rings. The van der Waals surface area contributed by atoms with Crippen LogP contribution in [0.3, 0.4) is 0 Å². The molecule has 2 aliphatic rings. The highest BCUT2D eigenvalue weighted by molar-refractivity contribution is 5.95. The predicted octanol–water partition coefficient (Wildman–Crippen LogP) is 2.65. The average molecular weight is 310 g/mol. The number of nitrogens with one attached hydrogen (secondary N) is 2. The Kier molecular flexibility index (Phi) is 5.88. The maximum absolute atomic E-state index is 12.4. The second-order valence-electron chi connectivity index (χ2n) is 5.72. The normalized spacial score (nSPS) is 19.1. The first-order chi connectivity index (χ1) is 9.84. The second kappa shape index (κ2) is 7.66. The van der Waals surface area contributed by atoms with Crippen molar-refractivity contribution in [3.63, 3.8) is 0 Å². The van der Waals surface area contributed by atoms with E-state index in [1.807, 2.05) is 18.2 Å². The maximum Gasteiger partial charge on any atom is 0.227 e. The highest BCUT2D eigenvalue weighted by Crippen LogP contribution is 2.29. The molecule has 4 nitrogen and oxygen atoms in total. The molecule has 0 radical (unpaired) electrons. The van der Waals surface area contributed by atoms with Crippen LogP contribution in [-0.4, -0.2) is 32.1 Å². The number of rotatable bonds is 3. The molecule has 0 unspecified atom stereocenters. The fraction of sp³-hybridized carbons (Fsp3) is 0.562. The molecule has 1 aromatic rings. The van der Waals surface area contributed by atoms with Crippen molar-refractivity contribution < 1.29 is 4.79 Å². The van der Waals surface area contributed by atoms with Gasteiger partial charge in [0.15, 0.2) is 0 Å². The highest BCUT2D eigenvalue weighted by Gasteiger charge is 2.22. The van der Waals surface area contributed by atoms with Gasteiger partial charge in [0.2, 0.25) is 5.91 Å². The van der Waals surface area contributed by atoms with E-state index in [1.165, 1.54) is 18.5 Å². The van der Waals surface area contributed by atoms with Crippen molar-refractivity contribution in [3.05, 3.63) is 24.3 Å². The van der Waals surface area contributed by atoms with Gasteiger partial charge in [0, 0.05) is 19.0 Å². The van der Waals surface area contributed by atoms with Gasteiger partial charge in [0.05, 0.1) is 11.4 Å². The summed E-state index contributed by atoms with van der Waals surface area (Å²) >= 11 is 0. The minimum Gasteiger partial charge on any atom is -0.370 e. The van der Waals surface area contributed by atoms with E-state index < -0.39 is 0 Å². The van der Waals surface area contributed by atoms with Crippen LogP contribution < -0.4 is 15.5 Å². The number of piperidine rings is 1. The monoisotopic (exact) mass is 309 g/mol. The number of hydrogen-bond acceptors (Lipinski definition) is 3. The Morgan fingerprint density at radius 2 is 1.81 bits per heavy atom. The molecule has 1 aromatic carbocycles. The molecule has 116 valence electrons. The second-order valence-corrected chi connectivity index (χ2v) is 5.72. The number of benzene rings is 1. The Bertz CT molecular complexity index is 468. The molecule has 2 aliphatic heterocycles. The van der Waals surface area contributed by atoms with Crippen LogP contribution in [-0.2, 0) is 4.79 Å². The zero-order chi connectivity index (χ0) is 13.8. The molecule has 0 saturated carbocycles. The highest BCUT2D eigenvalue weighted by atomic mass is 35.5. The number of carbonyl (C=O) groups is 1. The Morgan fingerprint density at radius 1 is 1.14 bits per heavy atom. The van der Waals surface area contributed by atoms with Crippen LogP contribution in [0.1, 0.15) is 25.7 Å². The number of halogens is 1. The molecule has 2 saturated heterocycles.